The van der Waals surface area contributed by atoms with Crippen LogP contribution in [0.15, 0.2) is 48.5 Å². The van der Waals surface area contributed by atoms with E-state index < -0.39 is 5.97 Å². The van der Waals surface area contributed by atoms with Crippen LogP contribution in [0.2, 0.25) is 0 Å². The predicted molar refractivity (Wildman–Crippen MR) is 105 cm³/mol. The molecule has 0 saturated carbocycles. The fourth-order valence-electron chi connectivity index (χ4n) is 2.89. The molecule has 1 aliphatic heterocycles. The number of thioether (sulfide) groups is 1. The van der Waals surface area contributed by atoms with Crippen molar-refractivity contribution in [3.63, 3.8) is 0 Å². The Morgan fingerprint density at radius 1 is 1.15 bits per heavy atom. The number of hydrogen-bond acceptors (Lipinski definition) is 4. The van der Waals surface area contributed by atoms with Crippen molar-refractivity contribution in [2.45, 2.75) is 6.54 Å². The Labute approximate surface area is 162 Å². The number of carbonyl (C=O) groups excluding carboxylic acids is 2. The van der Waals surface area contributed by atoms with Crippen LogP contribution in [0.25, 0.3) is 0 Å². The summed E-state index contributed by atoms with van der Waals surface area (Å²) in [6.07, 6.45) is 0. The highest BCUT2D eigenvalue weighted by Gasteiger charge is 2.24. The molecule has 1 fully saturated rings. The second-order valence-electron chi connectivity index (χ2n) is 6.14. The molecule has 0 radical (unpaired) electrons. The van der Waals surface area contributed by atoms with Crippen LogP contribution < -0.4 is 4.90 Å². The van der Waals surface area contributed by atoms with E-state index in [9.17, 15) is 14.0 Å². The normalized spacial score (nSPS) is 13.9. The Hall–Kier alpha value is -2.54. The van der Waals surface area contributed by atoms with Crippen LogP contribution in [0.4, 0.5) is 14.9 Å². The average molecular weight is 388 g/mol. The van der Waals surface area contributed by atoms with Gasteiger partial charge in [0.25, 0.3) is 0 Å². The van der Waals surface area contributed by atoms with Gasteiger partial charge in [0.2, 0.25) is 0 Å². The Kier molecular flexibility index (Phi) is 6.34. The minimum atomic E-state index is -0.412. The van der Waals surface area contributed by atoms with E-state index in [1.54, 1.807) is 46.2 Å². The topological polar surface area (TPSA) is 49.9 Å². The molecule has 0 atom stereocenters. The number of esters is 1. The summed E-state index contributed by atoms with van der Waals surface area (Å²) < 4.78 is 18.4. The third-order valence-electron chi connectivity index (χ3n) is 4.35. The number of ether oxygens (including phenoxy) is 1. The molecule has 0 spiro atoms. The number of carbonyl (C=O) groups is 2. The summed E-state index contributed by atoms with van der Waals surface area (Å²) in [7, 11) is 1.33. The Morgan fingerprint density at radius 2 is 1.85 bits per heavy atom. The predicted octanol–water partition coefficient (Wildman–Crippen LogP) is 3.79. The maximum absolute atomic E-state index is 13.7. The fourth-order valence-corrected chi connectivity index (χ4v) is 3.79. The molecule has 0 bridgehead atoms. The zero-order valence-corrected chi connectivity index (χ0v) is 15.9. The smallest absolute Gasteiger partial charge is 0.337 e. The van der Waals surface area contributed by atoms with E-state index in [4.69, 9.17) is 4.74 Å². The molecule has 27 heavy (non-hydrogen) atoms. The molecule has 2 aromatic rings. The lowest BCUT2D eigenvalue weighted by molar-refractivity contribution is 0.0600. The van der Waals surface area contributed by atoms with Gasteiger partial charge < -0.3 is 9.64 Å². The van der Waals surface area contributed by atoms with Gasteiger partial charge in [-0.15, -0.1) is 0 Å². The van der Waals surface area contributed by atoms with Crippen molar-refractivity contribution in [1.82, 2.24) is 4.90 Å². The van der Waals surface area contributed by atoms with Gasteiger partial charge in [0.05, 0.1) is 19.2 Å². The van der Waals surface area contributed by atoms with Crippen molar-refractivity contribution in [2.24, 2.45) is 0 Å². The summed E-state index contributed by atoms with van der Waals surface area (Å²) in [4.78, 5) is 28.0. The molecule has 2 amide bonds. The highest BCUT2D eigenvalue weighted by atomic mass is 32.2. The lowest BCUT2D eigenvalue weighted by Crippen LogP contribution is -2.46. The van der Waals surface area contributed by atoms with Gasteiger partial charge in [0.1, 0.15) is 5.82 Å². The average Bonchev–Trinajstić information content (AvgIpc) is 2.72. The summed E-state index contributed by atoms with van der Waals surface area (Å²) in [6.45, 7) is 1.64. The Balaban J connectivity index is 1.85. The van der Waals surface area contributed by atoms with Gasteiger partial charge in [-0.3, -0.25) is 4.90 Å². The van der Waals surface area contributed by atoms with Gasteiger partial charge in [-0.2, -0.15) is 11.8 Å². The molecule has 0 unspecified atom stereocenters. The van der Waals surface area contributed by atoms with Crippen molar-refractivity contribution in [3.05, 3.63) is 65.5 Å². The summed E-state index contributed by atoms with van der Waals surface area (Å²) in [5.41, 5.74) is 1.79. The third-order valence-corrected chi connectivity index (χ3v) is 5.29. The number of benzene rings is 2. The largest absolute Gasteiger partial charge is 0.465 e. The summed E-state index contributed by atoms with van der Waals surface area (Å²) in [5, 5.41) is 0. The standard InChI is InChI=1S/C20H21FN2O3S/c1-26-19(24)16-7-5-15(6-8-16)14-23(18-4-2-3-17(21)13-18)20(25)22-9-11-27-12-10-22/h2-8,13H,9-12,14H2,1H3. The monoisotopic (exact) mass is 388 g/mol. The van der Waals surface area contributed by atoms with Crippen LogP contribution in [-0.2, 0) is 11.3 Å². The molecule has 3 rings (SSSR count). The highest BCUT2D eigenvalue weighted by molar-refractivity contribution is 7.99. The molecular formula is C20H21FN2O3S. The lowest BCUT2D eigenvalue weighted by atomic mass is 10.1. The zero-order valence-electron chi connectivity index (χ0n) is 15.1. The van der Waals surface area contributed by atoms with Crippen LogP contribution in [0.5, 0.6) is 0 Å². The van der Waals surface area contributed by atoms with E-state index in [1.807, 2.05) is 11.8 Å². The van der Waals surface area contributed by atoms with Crippen molar-refractivity contribution in [1.29, 1.82) is 0 Å². The molecule has 142 valence electrons. The van der Waals surface area contributed by atoms with Gasteiger partial charge in [-0.25, -0.2) is 14.0 Å². The van der Waals surface area contributed by atoms with E-state index in [0.717, 1.165) is 17.1 Å². The summed E-state index contributed by atoms with van der Waals surface area (Å²) in [5.74, 6) is 0.999. The first-order chi connectivity index (χ1) is 13.1. The number of amides is 2. The quantitative estimate of drug-likeness (QED) is 0.748. The number of urea groups is 1. The zero-order chi connectivity index (χ0) is 19.2. The number of nitrogens with zero attached hydrogens (tertiary/aromatic N) is 2. The summed E-state index contributed by atoms with van der Waals surface area (Å²) >= 11 is 1.82. The molecule has 2 aromatic carbocycles. The van der Waals surface area contributed by atoms with E-state index >= 15 is 0 Å². The highest BCUT2D eigenvalue weighted by Crippen LogP contribution is 2.22. The number of halogens is 1. The number of methoxy groups -OCH3 is 1. The van der Waals surface area contributed by atoms with Crippen LogP contribution in [0.3, 0.4) is 0 Å². The maximum Gasteiger partial charge on any atom is 0.337 e. The van der Waals surface area contributed by atoms with Gasteiger partial charge in [-0.05, 0) is 35.9 Å². The van der Waals surface area contributed by atoms with E-state index in [-0.39, 0.29) is 18.4 Å². The Bertz CT molecular complexity index is 807. The van der Waals surface area contributed by atoms with Crippen LogP contribution >= 0.6 is 11.8 Å². The van der Waals surface area contributed by atoms with E-state index in [0.29, 0.717) is 24.3 Å². The molecule has 7 heteroatoms. The minimum Gasteiger partial charge on any atom is -0.465 e. The van der Waals surface area contributed by atoms with Gasteiger partial charge in [0, 0.05) is 30.3 Å². The van der Waals surface area contributed by atoms with Crippen molar-refractivity contribution >= 4 is 29.4 Å². The first kappa shape index (κ1) is 19.2. The second kappa shape index (κ2) is 8.90. The first-order valence-electron chi connectivity index (χ1n) is 8.65. The van der Waals surface area contributed by atoms with Crippen LogP contribution in [0.1, 0.15) is 15.9 Å². The van der Waals surface area contributed by atoms with Crippen molar-refractivity contribution < 1.29 is 18.7 Å². The number of anilines is 1. The van der Waals surface area contributed by atoms with Crippen molar-refractivity contribution in [2.75, 3.05) is 36.6 Å². The fraction of sp³-hybridized carbons (Fsp3) is 0.300. The number of rotatable bonds is 4. The molecular weight excluding hydrogens is 367 g/mol. The first-order valence-corrected chi connectivity index (χ1v) is 9.81. The molecule has 0 aromatic heterocycles. The molecule has 1 saturated heterocycles. The second-order valence-corrected chi connectivity index (χ2v) is 7.36. The van der Waals surface area contributed by atoms with Crippen LogP contribution in [0, 0.1) is 5.82 Å². The third kappa shape index (κ3) is 4.80. The molecule has 5 nitrogen and oxygen atoms in total. The lowest BCUT2D eigenvalue weighted by Gasteiger charge is -2.33. The molecule has 1 aliphatic rings. The van der Waals surface area contributed by atoms with Gasteiger partial charge in [-0.1, -0.05) is 18.2 Å². The maximum atomic E-state index is 13.7. The van der Waals surface area contributed by atoms with E-state index in [2.05, 4.69) is 0 Å². The van der Waals surface area contributed by atoms with Crippen LogP contribution in [-0.4, -0.2) is 48.6 Å². The SMILES string of the molecule is COC(=O)c1ccc(CN(C(=O)N2CCSCC2)c2cccc(F)c2)cc1. The minimum absolute atomic E-state index is 0.141. The van der Waals surface area contributed by atoms with Gasteiger partial charge >= 0.3 is 12.0 Å². The molecule has 1 heterocycles. The number of hydrogen-bond donors (Lipinski definition) is 0. The molecule has 0 N–H and O–H groups in total. The van der Waals surface area contributed by atoms with Crippen molar-refractivity contribution in [3.8, 4) is 0 Å². The Morgan fingerprint density at radius 3 is 2.48 bits per heavy atom. The summed E-state index contributed by atoms with van der Waals surface area (Å²) in [6, 6.07) is 12.8. The van der Waals surface area contributed by atoms with E-state index in [1.165, 1.54) is 19.2 Å². The van der Waals surface area contributed by atoms with Gasteiger partial charge in [0.15, 0.2) is 0 Å². The molecule has 0 aliphatic carbocycles.